The number of hydrogen-bond donors (Lipinski definition) is 0. The summed E-state index contributed by atoms with van der Waals surface area (Å²) < 4.78 is 0. The van der Waals surface area contributed by atoms with E-state index < -0.39 is 0 Å². The van der Waals surface area contributed by atoms with Crippen molar-refractivity contribution in [1.82, 2.24) is 0 Å². The average molecular weight is 161 g/mol. The maximum absolute atomic E-state index is 5.77. The lowest BCUT2D eigenvalue weighted by atomic mass is 9.82. The fourth-order valence-electron chi connectivity index (χ4n) is 1.79. The van der Waals surface area contributed by atoms with Crippen molar-refractivity contribution in [2.75, 3.05) is 5.88 Å². The fraction of sp³-hybridized carbons (Fsp3) is 1.00. The van der Waals surface area contributed by atoms with Crippen LogP contribution in [0.3, 0.4) is 0 Å². The summed E-state index contributed by atoms with van der Waals surface area (Å²) in [4.78, 5) is 0. The molecular weight excluding hydrogens is 144 g/mol. The monoisotopic (exact) mass is 160 g/mol. The Morgan fingerprint density at radius 3 is 2.00 bits per heavy atom. The van der Waals surface area contributed by atoms with E-state index in [1.54, 1.807) is 0 Å². The molecule has 0 aromatic heterocycles. The van der Waals surface area contributed by atoms with Crippen molar-refractivity contribution in [3.05, 3.63) is 0 Å². The highest BCUT2D eigenvalue weighted by Crippen LogP contribution is 2.30. The Kier molecular flexibility index (Phi) is 3.55. The second kappa shape index (κ2) is 4.23. The van der Waals surface area contributed by atoms with Crippen LogP contribution in [0.25, 0.3) is 0 Å². The Hall–Kier alpha value is 0.290. The quantitative estimate of drug-likeness (QED) is 0.543. The number of rotatable bonds is 2. The highest BCUT2D eigenvalue weighted by molar-refractivity contribution is 6.18. The standard InChI is InChI=1S/C9H17Cl/c1-2-8-3-5-9(7-10)6-4-8/h8-9H,2-7H2,1H3. The van der Waals surface area contributed by atoms with Gasteiger partial charge in [0, 0.05) is 5.88 Å². The van der Waals surface area contributed by atoms with E-state index in [9.17, 15) is 0 Å². The third-order valence-electron chi connectivity index (χ3n) is 2.76. The summed E-state index contributed by atoms with van der Waals surface area (Å²) in [5.74, 6) is 2.74. The van der Waals surface area contributed by atoms with Crippen molar-refractivity contribution in [2.24, 2.45) is 11.8 Å². The summed E-state index contributed by atoms with van der Waals surface area (Å²) in [5, 5.41) is 0. The summed E-state index contributed by atoms with van der Waals surface area (Å²) in [7, 11) is 0. The Balaban J connectivity index is 2.17. The van der Waals surface area contributed by atoms with E-state index in [1.165, 1.54) is 32.1 Å². The molecule has 0 radical (unpaired) electrons. The van der Waals surface area contributed by atoms with E-state index in [0.717, 1.165) is 17.7 Å². The molecule has 0 amide bonds. The molecule has 10 heavy (non-hydrogen) atoms. The fourth-order valence-corrected chi connectivity index (χ4v) is 2.10. The van der Waals surface area contributed by atoms with E-state index in [0.29, 0.717) is 0 Å². The molecule has 1 aliphatic carbocycles. The molecule has 0 aromatic rings. The minimum atomic E-state index is 0.837. The van der Waals surface area contributed by atoms with Crippen LogP contribution in [-0.4, -0.2) is 5.88 Å². The molecule has 0 unspecified atom stereocenters. The van der Waals surface area contributed by atoms with Gasteiger partial charge in [0.05, 0.1) is 0 Å². The molecular formula is C9H17Cl. The van der Waals surface area contributed by atoms with Crippen LogP contribution >= 0.6 is 11.6 Å². The van der Waals surface area contributed by atoms with Gasteiger partial charge in [-0.2, -0.15) is 0 Å². The van der Waals surface area contributed by atoms with Crippen LogP contribution in [0.1, 0.15) is 39.0 Å². The minimum Gasteiger partial charge on any atom is -0.126 e. The first-order valence-electron chi connectivity index (χ1n) is 4.42. The van der Waals surface area contributed by atoms with Gasteiger partial charge in [0.25, 0.3) is 0 Å². The van der Waals surface area contributed by atoms with E-state index in [-0.39, 0.29) is 0 Å². The Morgan fingerprint density at radius 1 is 1.10 bits per heavy atom. The van der Waals surface area contributed by atoms with E-state index in [2.05, 4.69) is 6.92 Å². The predicted molar refractivity (Wildman–Crippen MR) is 46.5 cm³/mol. The first-order chi connectivity index (χ1) is 4.86. The zero-order chi connectivity index (χ0) is 7.40. The molecule has 1 saturated carbocycles. The molecule has 0 aliphatic heterocycles. The molecule has 1 aliphatic rings. The van der Waals surface area contributed by atoms with Crippen molar-refractivity contribution < 1.29 is 0 Å². The third-order valence-corrected chi connectivity index (χ3v) is 3.20. The number of halogens is 1. The van der Waals surface area contributed by atoms with Crippen LogP contribution in [0.15, 0.2) is 0 Å². The van der Waals surface area contributed by atoms with E-state index in [4.69, 9.17) is 11.6 Å². The first kappa shape index (κ1) is 8.39. The predicted octanol–water partition coefficient (Wildman–Crippen LogP) is 3.44. The van der Waals surface area contributed by atoms with Gasteiger partial charge in [-0.05, 0) is 24.7 Å². The summed E-state index contributed by atoms with van der Waals surface area (Å²) in [6.45, 7) is 2.30. The maximum Gasteiger partial charge on any atom is 0.0251 e. The average Bonchev–Trinajstić information content (AvgIpc) is 2.05. The lowest BCUT2D eigenvalue weighted by Gasteiger charge is -2.25. The van der Waals surface area contributed by atoms with Crippen molar-refractivity contribution >= 4 is 11.6 Å². The van der Waals surface area contributed by atoms with Crippen molar-refractivity contribution in [2.45, 2.75) is 39.0 Å². The molecule has 0 heterocycles. The van der Waals surface area contributed by atoms with Gasteiger partial charge in [-0.3, -0.25) is 0 Å². The molecule has 1 heteroatoms. The Morgan fingerprint density at radius 2 is 1.60 bits per heavy atom. The molecule has 1 rings (SSSR count). The summed E-state index contributed by atoms with van der Waals surface area (Å²) >= 11 is 5.77. The van der Waals surface area contributed by atoms with E-state index >= 15 is 0 Å². The summed E-state index contributed by atoms with van der Waals surface area (Å²) in [5.41, 5.74) is 0. The van der Waals surface area contributed by atoms with Gasteiger partial charge in [0.1, 0.15) is 0 Å². The van der Waals surface area contributed by atoms with Gasteiger partial charge in [-0.15, -0.1) is 11.6 Å². The summed E-state index contributed by atoms with van der Waals surface area (Å²) in [6, 6.07) is 0. The topological polar surface area (TPSA) is 0 Å². The molecule has 60 valence electrons. The van der Waals surface area contributed by atoms with Crippen molar-refractivity contribution in [3.63, 3.8) is 0 Å². The highest BCUT2D eigenvalue weighted by atomic mass is 35.5. The maximum atomic E-state index is 5.77. The van der Waals surface area contributed by atoms with Gasteiger partial charge in [-0.25, -0.2) is 0 Å². The van der Waals surface area contributed by atoms with Gasteiger partial charge >= 0.3 is 0 Å². The minimum absolute atomic E-state index is 0.837. The summed E-state index contributed by atoms with van der Waals surface area (Å²) in [6.07, 6.45) is 6.97. The molecule has 0 bridgehead atoms. The normalized spacial score (nSPS) is 34.2. The molecule has 0 nitrogen and oxygen atoms in total. The SMILES string of the molecule is CCC1CCC(CCl)CC1. The third kappa shape index (κ3) is 2.16. The van der Waals surface area contributed by atoms with Crippen LogP contribution < -0.4 is 0 Å². The lowest BCUT2D eigenvalue weighted by molar-refractivity contribution is 0.286. The second-order valence-electron chi connectivity index (χ2n) is 3.45. The van der Waals surface area contributed by atoms with Gasteiger partial charge in [-0.1, -0.05) is 26.2 Å². The van der Waals surface area contributed by atoms with Crippen LogP contribution in [0, 0.1) is 11.8 Å². The smallest absolute Gasteiger partial charge is 0.0251 e. The van der Waals surface area contributed by atoms with Gasteiger partial charge in [0.2, 0.25) is 0 Å². The Labute approximate surface area is 69.0 Å². The zero-order valence-electron chi connectivity index (χ0n) is 6.78. The highest BCUT2D eigenvalue weighted by Gasteiger charge is 2.18. The molecule has 0 aromatic carbocycles. The largest absolute Gasteiger partial charge is 0.126 e. The van der Waals surface area contributed by atoms with Crippen molar-refractivity contribution in [3.8, 4) is 0 Å². The number of alkyl halides is 1. The molecule has 0 N–H and O–H groups in total. The molecule has 1 fully saturated rings. The zero-order valence-corrected chi connectivity index (χ0v) is 7.53. The Bertz CT molecular complexity index is 70.7. The second-order valence-corrected chi connectivity index (χ2v) is 3.76. The van der Waals surface area contributed by atoms with Crippen LogP contribution in [-0.2, 0) is 0 Å². The van der Waals surface area contributed by atoms with Crippen LogP contribution in [0.2, 0.25) is 0 Å². The molecule has 0 spiro atoms. The lowest BCUT2D eigenvalue weighted by Crippen LogP contribution is -2.14. The molecule has 0 saturated heterocycles. The van der Waals surface area contributed by atoms with Gasteiger partial charge < -0.3 is 0 Å². The number of hydrogen-bond acceptors (Lipinski definition) is 0. The van der Waals surface area contributed by atoms with Crippen LogP contribution in [0.4, 0.5) is 0 Å². The van der Waals surface area contributed by atoms with Gasteiger partial charge in [0.15, 0.2) is 0 Å². The molecule has 0 atom stereocenters. The van der Waals surface area contributed by atoms with Crippen molar-refractivity contribution in [1.29, 1.82) is 0 Å². The van der Waals surface area contributed by atoms with E-state index in [1.807, 2.05) is 0 Å². The van der Waals surface area contributed by atoms with Crippen LogP contribution in [0.5, 0.6) is 0 Å². The first-order valence-corrected chi connectivity index (χ1v) is 4.96.